The average molecular weight is 294 g/mol. The molecule has 0 saturated heterocycles. The number of carbonyl (C=O) groups excluding carboxylic acids is 1. The molecule has 0 spiro atoms. The van der Waals surface area contributed by atoms with Gasteiger partial charge in [0.1, 0.15) is 5.75 Å². The van der Waals surface area contributed by atoms with Crippen molar-refractivity contribution in [3.05, 3.63) is 23.8 Å². The van der Waals surface area contributed by atoms with E-state index in [1.165, 1.54) is 0 Å². The first-order valence-corrected chi connectivity index (χ1v) is 6.95. The highest BCUT2D eigenvalue weighted by Gasteiger charge is 2.16. The van der Waals surface area contributed by atoms with Gasteiger partial charge < -0.3 is 20.9 Å². The topological polar surface area (TPSA) is 102 Å². The van der Waals surface area contributed by atoms with Gasteiger partial charge in [-0.05, 0) is 37.5 Å². The molecular weight excluding hydrogens is 272 g/mol. The zero-order valence-electron chi connectivity index (χ0n) is 12.4. The Hall–Kier alpha value is -2.08. The number of carboxylic acids is 1. The van der Waals surface area contributed by atoms with Crippen LogP contribution in [-0.4, -0.2) is 29.6 Å². The molecule has 6 heteroatoms. The van der Waals surface area contributed by atoms with E-state index in [1.54, 1.807) is 6.07 Å². The summed E-state index contributed by atoms with van der Waals surface area (Å²) in [6.07, 6.45) is 0.819. The number of amides is 1. The minimum Gasteiger partial charge on any atom is -0.491 e. The summed E-state index contributed by atoms with van der Waals surface area (Å²) in [5, 5.41) is 11.3. The standard InChI is InChI=1S/C15H22N2O4/c1-3-8-21-13-9-10(2)4-6-12(13)17-15(20)11(16)5-7-14(18)19/h4,6,9,11H,3,5,7-8,16H2,1-2H3,(H,17,20)(H,18,19). The molecule has 0 aliphatic carbocycles. The first kappa shape index (κ1) is 17.0. The number of benzene rings is 1. The number of nitrogens with two attached hydrogens (primary N) is 1. The Morgan fingerprint density at radius 2 is 2.14 bits per heavy atom. The van der Waals surface area contributed by atoms with Gasteiger partial charge in [0.05, 0.1) is 18.3 Å². The van der Waals surface area contributed by atoms with E-state index in [0.717, 1.165) is 12.0 Å². The highest BCUT2D eigenvalue weighted by atomic mass is 16.5. The number of carbonyl (C=O) groups is 2. The number of nitrogens with one attached hydrogen (secondary N) is 1. The van der Waals surface area contributed by atoms with Gasteiger partial charge in [0, 0.05) is 6.42 Å². The SMILES string of the molecule is CCCOc1cc(C)ccc1NC(=O)C(N)CCC(=O)O. The highest BCUT2D eigenvalue weighted by Crippen LogP contribution is 2.26. The Kier molecular flexibility index (Phi) is 6.68. The van der Waals surface area contributed by atoms with Crippen molar-refractivity contribution in [2.24, 2.45) is 5.73 Å². The predicted molar refractivity (Wildman–Crippen MR) is 80.4 cm³/mol. The maximum Gasteiger partial charge on any atom is 0.303 e. The van der Waals surface area contributed by atoms with Crippen LogP contribution in [0.25, 0.3) is 0 Å². The zero-order chi connectivity index (χ0) is 15.8. The maximum atomic E-state index is 12.0. The third-order valence-electron chi connectivity index (χ3n) is 2.86. The fourth-order valence-electron chi connectivity index (χ4n) is 1.70. The van der Waals surface area contributed by atoms with E-state index in [-0.39, 0.29) is 12.8 Å². The summed E-state index contributed by atoms with van der Waals surface area (Å²) in [4.78, 5) is 22.4. The lowest BCUT2D eigenvalue weighted by atomic mass is 10.1. The van der Waals surface area contributed by atoms with Gasteiger partial charge in [0.15, 0.2) is 0 Å². The molecule has 4 N–H and O–H groups in total. The molecule has 0 heterocycles. The van der Waals surface area contributed by atoms with E-state index in [2.05, 4.69) is 5.32 Å². The van der Waals surface area contributed by atoms with Crippen LogP contribution in [0, 0.1) is 6.92 Å². The van der Waals surface area contributed by atoms with Gasteiger partial charge in [-0.15, -0.1) is 0 Å². The summed E-state index contributed by atoms with van der Waals surface area (Å²) in [5.41, 5.74) is 7.25. The Morgan fingerprint density at radius 3 is 2.76 bits per heavy atom. The number of hydrogen-bond acceptors (Lipinski definition) is 4. The molecule has 1 amide bonds. The lowest BCUT2D eigenvalue weighted by Crippen LogP contribution is -2.36. The second-order valence-electron chi connectivity index (χ2n) is 4.88. The molecule has 116 valence electrons. The number of rotatable bonds is 8. The minimum atomic E-state index is -0.972. The third-order valence-corrected chi connectivity index (χ3v) is 2.86. The van der Waals surface area contributed by atoms with E-state index < -0.39 is 17.9 Å². The summed E-state index contributed by atoms with van der Waals surface area (Å²) in [6, 6.07) is 4.59. The number of aryl methyl sites for hydroxylation is 1. The van der Waals surface area contributed by atoms with E-state index in [0.29, 0.717) is 18.0 Å². The summed E-state index contributed by atoms with van der Waals surface area (Å²) in [5.74, 6) is -0.794. The fourth-order valence-corrected chi connectivity index (χ4v) is 1.70. The summed E-state index contributed by atoms with van der Waals surface area (Å²) in [6.45, 7) is 4.48. The summed E-state index contributed by atoms with van der Waals surface area (Å²) >= 11 is 0. The second-order valence-corrected chi connectivity index (χ2v) is 4.88. The van der Waals surface area contributed by atoms with Crippen molar-refractivity contribution < 1.29 is 19.4 Å². The van der Waals surface area contributed by atoms with E-state index >= 15 is 0 Å². The molecule has 0 radical (unpaired) electrons. The molecule has 0 aromatic heterocycles. The molecular formula is C15H22N2O4. The molecule has 1 atom stereocenters. The first-order chi connectivity index (χ1) is 9.93. The van der Waals surface area contributed by atoms with Crippen LogP contribution in [-0.2, 0) is 9.59 Å². The average Bonchev–Trinajstić information content (AvgIpc) is 2.44. The molecule has 1 rings (SSSR count). The quantitative estimate of drug-likeness (QED) is 0.680. The normalized spacial score (nSPS) is 11.8. The largest absolute Gasteiger partial charge is 0.491 e. The van der Waals surface area contributed by atoms with Crippen molar-refractivity contribution in [2.45, 2.75) is 39.2 Å². The fraction of sp³-hybridized carbons (Fsp3) is 0.467. The van der Waals surface area contributed by atoms with Crippen LogP contribution in [0.2, 0.25) is 0 Å². The number of aliphatic carboxylic acids is 1. The van der Waals surface area contributed by atoms with Crippen LogP contribution in [0.3, 0.4) is 0 Å². The third kappa shape index (κ3) is 5.83. The highest BCUT2D eigenvalue weighted by molar-refractivity contribution is 5.96. The molecule has 1 aromatic carbocycles. The molecule has 6 nitrogen and oxygen atoms in total. The number of anilines is 1. The molecule has 0 fully saturated rings. The molecule has 1 aromatic rings. The predicted octanol–water partition coefficient (Wildman–Crippen LogP) is 1.91. The summed E-state index contributed by atoms with van der Waals surface area (Å²) in [7, 11) is 0. The molecule has 0 saturated carbocycles. The van der Waals surface area contributed by atoms with Gasteiger partial charge in [-0.25, -0.2) is 0 Å². The lowest BCUT2D eigenvalue weighted by Gasteiger charge is -2.15. The van der Waals surface area contributed by atoms with Crippen LogP contribution in [0.15, 0.2) is 18.2 Å². The molecule has 21 heavy (non-hydrogen) atoms. The smallest absolute Gasteiger partial charge is 0.303 e. The van der Waals surface area contributed by atoms with Gasteiger partial charge in [-0.2, -0.15) is 0 Å². The van der Waals surface area contributed by atoms with Crippen LogP contribution in [0.5, 0.6) is 5.75 Å². The van der Waals surface area contributed by atoms with E-state index in [4.69, 9.17) is 15.6 Å². The lowest BCUT2D eigenvalue weighted by molar-refractivity contribution is -0.137. The van der Waals surface area contributed by atoms with Gasteiger partial charge in [0.25, 0.3) is 0 Å². The second kappa shape index (κ2) is 8.26. The summed E-state index contributed by atoms with van der Waals surface area (Å²) < 4.78 is 5.60. The van der Waals surface area contributed by atoms with Crippen molar-refractivity contribution >= 4 is 17.6 Å². The number of ether oxygens (including phenoxy) is 1. The van der Waals surface area contributed by atoms with Crippen LogP contribution in [0.1, 0.15) is 31.7 Å². The van der Waals surface area contributed by atoms with Crippen molar-refractivity contribution in [3.8, 4) is 5.75 Å². The minimum absolute atomic E-state index is 0.0954. The van der Waals surface area contributed by atoms with Crippen molar-refractivity contribution in [1.29, 1.82) is 0 Å². The Labute approximate surface area is 124 Å². The van der Waals surface area contributed by atoms with Crippen molar-refractivity contribution in [3.63, 3.8) is 0 Å². The Morgan fingerprint density at radius 1 is 1.43 bits per heavy atom. The number of hydrogen-bond donors (Lipinski definition) is 3. The maximum absolute atomic E-state index is 12.0. The van der Waals surface area contributed by atoms with E-state index in [9.17, 15) is 9.59 Å². The van der Waals surface area contributed by atoms with Crippen molar-refractivity contribution in [1.82, 2.24) is 0 Å². The first-order valence-electron chi connectivity index (χ1n) is 6.95. The van der Waals surface area contributed by atoms with Crippen LogP contribution < -0.4 is 15.8 Å². The molecule has 0 bridgehead atoms. The van der Waals surface area contributed by atoms with Crippen LogP contribution in [0.4, 0.5) is 5.69 Å². The van der Waals surface area contributed by atoms with Gasteiger partial charge >= 0.3 is 5.97 Å². The molecule has 0 aliphatic rings. The Balaban J connectivity index is 2.72. The van der Waals surface area contributed by atoms with Gasteiger partial charge in [0.2, 0.25) is 5.91 Å². The van der Waals surface area contributed by atoms with Gasteiger partial charge in [-0.3, -0.25) is 9.59 Å². The van der Waals surface area contributed by atoms with Crippen molar-refractivity contribution in [2.75, 3.05) is 11.9 Å². The van der Waals surface area contributed by atoms with Crippen LogP contribution >= 0.6 is 0 Å². The number of carboxylic acid groups (broad SMARTS) is 1. The Bertz CT molecular complexity index is 502. The monoisotopic (exact) mass is 294 g/mol. The van der Waals surface area contributed by atoms with E-state index in [1.807, 2.05) is 26.0 Å². The van der Waals surface area contributed by atoms with Gasteiger partial charge in [-0.1, -0.05) is 13.0 Å². The molecule has 0 aliphatic heterocycles. The molecule has 1 unspecified atom stereocenters. The zero-order valence-corrected chi connectivity index (χ0v) is 12.4.